The van der Waals surface area contributed by atoms with Crippen LogP contribution in [0, 0.1) is 0 Å². The minimum atomic E-state index is 0.529. The van der Waals surface area contributed by atoms with E-state index in [1.807, 2.05) is 24.3 Å². The summed E-state index contributed by atoms with van der Waals surface area (Å²) in [5.74, 6) is 0. The predicted octanol–water partition coefficient (Wildman–Crippen LogP) is 1.99. The maximum absolute atomic E-state index is 10.7. The van der Waals surface area contributed by atoms with Gasteiger partial charge in [0.05, 0.1) is 18.5 Å². The number of hydrogen-bond donors (Lipinski definition) is 0. The molecule has 0 radical (unpaired) electrons. The van der Waals surface area contributed by atoms with Gasteiger partial charge in [0.25, 0.3) is 0 Å². The van der Waals surface area contributed by atoms with Gasteiger partial charge < -0.3 is 4.74 Å². The Balaban J connectivity index is 2.12. The summed E-state index contributed by atoms with van der Waals surface area (Å²) >= 11 is 1.73. The molecule has 1 aromatic carbocycles. The van der Waals surface area contributed by atoms with Crippen LogP contribution in [0.4, 0.5) is 0 Å². The van der Waals surface area contributed by atoms with Crippen LogP contribution >= 0.6 is 11.8 Å². The third kappa shape index (κ3) is 1.92. The lowest BCUT2D eigenvalue weighted by atomic mass is 10.2. The summed E-state index contributed by atoms with van der Waals surface area (Å²) in [6.07, 6.45) is 0.905. The third-order valence-electron chi connectivity index (χ3n) is 1.95. The normalized spacial score (nSPS) is 16.6. The largest absolute Gasteiger partial charge is 0.379 e. The van der Waals surface area contributed by atoms with Crippen LogP contribution in [0.5, 0.6) is 0 Å². The van der Waals surface area contributed by atoms with Gasteiger partial charge in [-0.3, -0.25) is 4.79 Å². The summed E-state index contributed by atoms with van der Waals surface area (Å²) in [7, 11) is 0. The highest BCUT2D eigenvalue weighted by Gasteiger charge is 2.20. The Morgan fingerprint density at radius 1 is 1.38 bits per heavy atom. The van der Waals surface area contributed by atoms with Gasteiger partial charge in [0.2, 0.25) is 0 Å². The van der Waals surface area contributed by atoms with Crippen molar-refractivity contribution < 1.29 is 9.53 Å². The first-order valence-electron chi connectivity index (χ1n) is 4.19. The van der Waals surface area contributed by atoms with Gasteiger partial charge in [-0.15, -0.1) is 11.8 Å². The Morgan fingerprint density at radius 3 is 2.77 bits per heavy atom. The highest BCUT2D eigenvalue weighted by molar-refractivity contribution is 8.00. The second kappa shape index (κ2) is 3.94. The molecule has 0 atom stereocenters. The van der Waals surface area contributed by atoms with Crippen LogP contribution in [0.1, 0.15) is 10.4 Å². The predicted molar refractivity (Wildman–Crippen MR) is 52.3 cm³/mol. The minimum Gasteiger partial charge on any atom is -0.379 e. The summed E-state index contributed by atoms with van der Waals surface area (Å²) < 4.78 is 5.07. The molecule has 0 unspecified atom stereocenters. The molecule has 1 aliphatic rings. The fraction of sp³-hybridized carbons (Fsp3) is 0.300. The van der Waals surface area contributed by atoms with Gasteiger partial charge in [0, 0.05) is 10.5 Å². The summed E-state index contributed by atoms with van der Waals surface area (Å²) in [6.45, 7) is 1.61. The Hall–Kier alpha value is -0.800. The first kappa shape index (κ1) is 8.78. The van der Waals surface area contributed by atoms with Gasteiger partial charge in [0.15, 0.2) is 6.29 Å². The molecule has 0 aromatic heterocycles. The highest BCUT2D eigenvalue weighted by Crippen LogP contribution is 2.29. The van der Waals surface area contributed by atoms with Crippen LogP contribution in [0.15, 0.2) is 29.2 Å². The van der Waals surface area contributed by atoms with Crippen molar-refractivity contribution in [2.75, 3.05) is 13.2 Å². The molecule has 0 amide bonds. The maximum atomic E-state index is 10.7. The molecule has 0 aliphatic carbocycles. The van der Waals surface area contributed by atoms with Crippen LogP contribution in [0.2, 0.25) is 0 Å². The third-order valence-corrected chi connectivity index (χ3v) is 3.18. The monoisotopic (exact) mass is 194 g/mol. The van der Waals surface area contributed by atoms with E-state index in [0.717, 1.165) is 30.0 Å². The molecule has 68 valence electrons. The number of carbonyl (C=O) groups excluding carboxylic acids is 1. The van der Waals surface area contributed by atoms with Crippen LogP contribution in [0.25, 0.3) is 0 Å². The first-order valence-corrected chi connectivity index (χ1v) is 5.07. The summed E-state index contributed by atoms with van der Waals surface area (Å²) in [5, 5.41) is 0.529. The zero-order chi connectivity index (χ0) is 9.10. The van der Waals surface area contributed by atoms with E-state index in [9.17, 15) is 4.79 Å². The number of thioether (sulfide) groups is 1. The van der Waals surface area contributed by atoms with Crippen molar-refractivity contribution in [3.63, 3.8) is 0 Å². The van der Waals surface area contributed by atoms with Gasteiger partial charge in [-0.25, -0.2) is 0 Å². The zero-order valence-electron chi connectivity index (χ0n) is 7.10. The van der Waals surface area contributed by atoms with Crippen molar-refractivity contribution in [2.45, 2.75) is 10.1 Å². The van der Waals surface area contributed by atoms with Crippen LogP contribution < -0.4 is 0 Å². The molecule has 0 saturated carbocycles. The average molecular weight is 194 g/mol. The quantitative estimate of drug-likeness (QED) is 0.688. The van der Waals surface area contributed by atoms with E-state index in [1.54, 1.807) is 11.8 Å². The Labute approximate surface area is 81.3 Å². The molecule has 1 saturated heterocycles. The molecule has 1 aliphatic heterocycles. The van der Waals surface area contributed by atoms with Crippen LogP contribution in [-0.2, 0) is 4.74 Å². The van der Waals surface area contributed by atoms with E-state index < -0.39 is 0 Å². The Bertz CT molecular complexity index is 308. The van der Waals surface area contributed by atoms with Gasteiger partial charge in [-0.2, -0.15) is 0 Å². The molecule has 2 rings (SSSR count). The van der Waals surface area contributed by atoms with Crippen molar-refractivity contribution in [1.82, 2.24) is 0 Å². The van der Waals surface area contributed by atoms with Crippen molar-refractivity contribution >= 4 is 18.0 Å². The van der Waals surface area contributed by atoms with Crippen LogP contribution in [0.3, 0.4) is 0 Å². The van der Waals surface area contributed by atoms with Crippen LogP contribution in [-0.4, -0.2) is 24.7 Å². The highest BCUT2D eigenvalue weighted by atomic mass is 32.2. The summed E-state index contributed by atoms with van der Waals surface area (Å²) in [4.78, 5) is 11.7. The van der Waals surface area contributed by atoms with Crippen molar-refractivity contribution in [2.24, 2.45) is 0 Å². The molecule has 3 heteroatoms. The zero-order valence-corrected chi connectivity index (χ0v) is 7.92. The smallest absolute Gasteiger partial charge is 0.151 e. The molecule has 2 nitrogen and oxygen atoms in total. The van der Waals surface area contributed by atoms with Crippen molar-refractivity contribution in [3.05, 3.63) is 29.8 Å². The molecule has 1 fully saturated rings. The van der Waals surface area contributed by atoms with E-state index in [-0.39, 0.29) is 0 Å². The lowest BCUT2D eigenvalue weighted by Gasteiger charge is -2.25. The average Bonchev–Trinajstić information content (AvgIpc) is 2.12. The first-order chi connectivity index (χ1) is 6.40. The molecule has 0 N–H and O–H groups in total. The fourth-order valence-electron chi connectivity index (χ4n) is 1.15. The number of ether oxygens (including phenoxy) is 1. The van der Waals surface area contributed by atoms with E-state index >= 15 is 0 Å². The number of aldehydes is 1. The van der Waals surface area contributed by atoms with Gasteiger partial charge in [-0.05, 0) is 6.07 Å². The van der Waals surface area contributed by atoms with E-state index in [4.69, 9.17) is 4.74 Å². The van der Waals surface area contributed by atoms with Gasteiger partial charge >= 0.3 is 0 Å². The summed E-state index contributed by atoms with van der Waals surface area (Å²) in [5.41, 5.74) is 0.777. The molecular weight excluding hydrogens is 184 g/mol. The second-order valence-corrected chi connectivity index (χ2v) is 4.28. The lowest BCUT2D eigenvalue weighted by molar-refractivity contribution is 0.0455. The molecule has 13 heavy (non-hydrogen) atoms. The molecule has 1 heterocycles. The topological polar surface area (TPSA) is 26.3 Å². The number of hydrogen-bond acceptors (Lipinski definition) is 3. The Morgan fingerprint density at radius 2 is 2.15 bits per heavy atom. The molecular formula is C10H10O2S. The fourth-order valence-corrected chi connectivity index (χ4v) is 2.24. The Kier molecular flexibility index (Phi) is 2.66. The number of benzene rings is 1. The SMILES string of the molecule is O=Cc1ccccc1SC1COC1. The van der Waals surface area contributed by atoms with Gasteiger partial charge in [0.1, 0.15) is 0 Å². The second-order valence-electron chi connectivity index (χ2n) is 2.93. The van der Waals surface area contributed by atoms with E-state index in [1.165, 1.54) is 0 Å². The number of carbonyl (C=O) groups is 1. The van der Waals surface area contributed by atoms with Crippen molar-refractivity contribution in [3.8, 4) is 0 Å². The molecule has 1 aromatic rings. The van der Waals surface area contributed by atoms with E-state index in [2.05, 4.69) is 0 Å². The van der Waals surface area contributed by atoms with Gasteiger partial charge in [-0.1, -0.05) is 18.2 Å². The standard InChI is InChI=1S/C10H10O2S/c11-5-8-3-1-2-4-10(8)13-9-6-12-7-9/h1-5,9H,6-7H2. The van der Waals surface area contributed by atoms with E-state index in [0.29, 0.717) is 5.25 Å². The minimum absolute atomic E-state index is 0.529. The van der Waals surface area contributed by atoms with Crippen molar-refractivity contribution in [1.29, 1.82) is 0 Å². The number of rotatable bonds is 3. The molecule has 0 spiro atoms. The molecule has 0 bridgehead atoms. The maximum Gasteiger partial charge on any atom is 0.151 e. The summed E-state index contributed by atoms with van der Waals surface area (Å²) in [6, 6.07) is 7.65. The lowest BCUT2D eigenvalue weighted by Crippen LogP contribution is -2.30.